The monoisotopic (exact) mass is 263 g/mol. The van der Waals surface area contributed by atoms with Crippen LogP contribution in [0, 0.1) is 0 Å². The molecule has 1 aliphatic rings. The Labute approximate surface area is 116 Å². The minimum atomic E-state index is 0.584. The molecule has 5 heteroatoms. The summed E-state index contributed by atoms with van der Waals surface area (Å²) in [5.41, 5.74) is 0. The molecule has 1 aromatic rings. The van der Waals surface area contributed by atoms with E-state index in [-0.39, 0.29) is 0 Å². The number of nitrogens with zero attached hydrogens (tertiary/aromatic N) is 4. The predicted molar refractivity (Wildman–Crippen MR) is 79.7 cm³/mol. The van der Waals surface area contributed by atoms with Crippen molar-refractivity contribution < 1.29 is 0 Å². The highest BCUT2D eigenvalue weighted by molar-refractivity contribution is 5.48. The summed E-state index contributed by atoms with van der Waals surface area (Å²) in [4.78, 5) is 13.5. The normalized spacial score (nSPS) is 20.6. The smallest absolute Gasteiger partial charge is 0.134 e. The van der Waals surface area contributed by atoms with E-state index in [4.69, 9.17) is 0 Å². The number of likely N-dealkylation sites (N-methyl/N-ethyl adjacent to an activating group) is 1. The maximum absolute atomic E-state index is 4.41. The van der Waals surface area contributed by atoms with E-state index in [1.807, 2.05) is 0 Å². The fraction of sp³-hybridized carbons (Fsp3) is 0.714. The van der Waals surface area contributed by atoms with Crippen molar-refractivity contribution in [1.82, 2.24) is 14.9 Å². The van der Waals surface area contributed by atoms with Crippen LogP contribution in [0.5, 0.6) is 0 Å². The maximum atomic E-state index is 4.41. The zero-order valence-electron chi connectivity index (χ0n) is 12.3. The Morgan fingerprint density at radius 3 is 2.84 bits per heavy atom. The summed E-state index contributed by atoms with van der Waals surface area (Å²) < 4.78 is 0. The fourth-order valence-corrected chi connectivity index (χ4v) is 2.54. The highest BCUT2D eigenvalue weighted by atomic mass is 15.3. The first kappa shape index (κ1) is 14.1. The fourth-order valence-electron chi connectivity index (χ4n) is 2.54. The van der Waals surface area contributed by atoms with Crippen molar-refractivity contribution >= 4 is 11.6 Å². The minimum absolute atomic E-state index is 0.584. The number of rotatable bonds is 5. The standard InChI is InChI=1S/C14H25N5/c1-4-6-15-13-9-14(17-11-16-13)19-8-7-18(5-2)12(3)10-19/h9,11-12H,4-8,10H2,1-3H3,(H,15,16,17). The molecule has 0 saturated carbocycles. The SMILES string of the molecule is CCCNc1cc(N2CCN(CC)C(C)C2)ncn1. The van der Waals surface area contributed by atoms with Crippen molar-refractivity contribution in [1.29, 1.82) is 0 Å². The average Bonchev–Trinajstić information content (AvgIpc) is 2.45. The Kier molecular flexibility index (Phi) is 4.96. The molecule has 0 spiro atoms. The lowest BCUT2D eigenvalue weighted by Gasteiger charge is -2.39. The Bertz CT molecular complexity index is 395. The number of piperazine rings is 1. The van der Waals surface area contributed by atoms with Gasteiger partial charge in [0.1, 0.15) is 18.0 Å². The third-order valence-electron chi connectivity index (χ3n) is 3.70. The number of aromatic nitrogens is 2. The van der Waals surface area contributed by atoms with Crippen molar-refractivity contribution in [3.8, 4) is 0 Å². The van der Waals surface area contributed by atoms with Crippen LogP contribution in [0.15, 0.2) is 12.4 Å². The van der Waals surface area contributed by atoms with Crippen LogP contribution < -0.4 is 10.2 Å². The van der Waals surface area contributed by atoms with Gasteiger partial charge < -0.3 is 10.2 Å². The first-order chi connectivity index (χ1) is 9.24. The maximum Gasteiger partial charge on any atom is 0.134 e. The van der Waals surface area contributed by atoms with Crippen LogP contribution in [-0.4, -0.2) is 53.6 Å². The molecule has 1 fully saturated rings. The Morgan fingerprint density at radius 1 is 1.32 bits per heavy atom. The van der Waals surface area contributed by atoms with Crippen molar-refractivity contribution in [2.75, 3.05) is 42.9 Å². The third-order valence-corrected chi connectivity index (χ3v) is 3.70. The van der Waals surface area contributed by atoms with Gasteiger partial charge in [0.05, 0.1) is 0 Å². The lowest BCUT2D eigenvalue weighted by molar-refractivity contribution is 0.199. The van der Waals surface area contributed by atoms with Gasteiger partial charge in [-0.05, 0) is 19.9 Å². The van der Waals surface area contributed by atoms with Crippen molar-refractivity contribution in [2.24, 2.45) is 0 Å². The van der Waals surface area contributed by atoms with Gasteiger partial charge in [0, 0.05) is 38.3 Å². The van der Waals surface area contributed by atoms with Gasteiger partial charge in [-0.2, -0.15) is 0 Å². The molecule has 106 valence electrons. The summed E-state index contributed by atoms with van der Waals surface area (Å²) in [6, 6.07) is 2.64. The second-order valence-electron chi connectivity index (χ2n) is 5.11. The van der Waals surface area contributed by atoms with Crippen LogP contribution in [-0.2, 0) is 0 Å². The van der Waals surface area contributed by atoms with Crippen LogP contribution in [0.1, 0.15) is 27.2 Å². The molecular formula is C14H25N5. The molecule has 2 heterocycles. The lowest BCUT2D eigenvalue weighted by Crippen LogP contribution is -2.52. The van der Waals surface area contributed by atoms with E-state index in [0.717, 1.165) is 50.8 Å². The van der Waals surface area contributed by atoms with Gasteiger partial charge in [-0.3, -0.25) is 4.90 Å². The molecular weight excluding hydrogens is 238 g/mol. The van der Waals surface area contributed by atoms with Crippen LogP contribution in [0.3, 0.4) is 0 Å². The van der Waals surface area contributed by atoms with Crippen molar-refractivity contribution in [3.05, 3.63) is 12.4 Å². The molecule has 2 rings (SSSR count). The second-order valence-corrected chi connectivity index (χ2v) is 5.11. The van der Waals surface area contributed by atoms with E-state index in [9.17, 15) is 0 Å². The number of hydrogen-bond acceptors (Lipinski definition) is 5. The van der Waals surface area contributed by atoms with Gasteiger partial charge in [-0.1, -0.05) is 13.8 Å². The molecule has 1 unspecified atom stereocenters. The summed E-state index contributed by atoms with van der Waals surface area (Å²) >= 11 is 0. The highest BCUT2D eigenvalue weighted by Crippen LogP contribution is 2.18. The molecule has 1 saturated heterocycles. The molecule has 0 bridgehead atoms. The lowest BCUT2D eigenvalue weighted by atomic mass is 10.2. The van der Waals surface area contributed by atoms with E-state index in [0.29, 0.717) is 6.04 Å². The summed E-state index contributed by atoms with van der Waals surface area (Å²) in [5, 5.41) is 3.32. The number of hydrogen-bond donors (Lipinski definition) is 1. The summed E-state index contributed by atoms with van der Waals surface area (Å²) in [6.07, 6.45) is 2.76. The zero-order chi connectivity index (χ0) is 13.7. The van der Waals surface area contributed by atoms with Gasteiger partial charge in [0.15, 0.2) is 0 Å². The first-order valence-corrected chi connectivity index (χ1v) is 7.29. The highest BCUT2D eigenvalue weighted by Gasteiger charge is 2.23. The summed E-state index contributed by atoms with van der Waals surface area (Å²) in [5.74, 6) is 1.97. The molecule has 1 aliphatic heterocycles. The molecule has 19 heavy (non-hydrogen) atoms. The van der Waals surface area contributed by atoms with E-state index >= 15 is 0 Å². The molecule has 1 aromatic heterocycles. The molecule has 0 amide bonds. The van der Waals surface area contributed by atoms with Crippen LogP contribution in [0.25, 0.3) is 0 Å². The predicted octanol–water partition coefficient (Wildman–Crippen LogP) is 1.83. The first-order valence-electron chi connectivity index (χ1n) is 7.29. The topological polar surface area (TPSA) is 44.3 Å². The third kappa shape index (κ3) is 3.56. The van der Waals surface area contributed by atoms with Gasteiger partial charge >= 0.3 is 0 Å². The molecule has 1 N–H and O–H groups in total. The number of anilines is 2. The molecule has 0 aliphatic carbocycles. The Morgan fingerprint density at radius 2 is 2.16 bits per heavy atom. The van der Waals surface area contributed by atoms with Crippen LogP contribution in [0.4, 0.5) is 11.6 Å². The quantitative estimate of drug-likeness (QED) is 0.878. The average molecular weight is 263 g/mol. The van der Waals surface area contributed by atoms with Gasteiger partial charge in [0.25, 0.3) is 0 Å². The Hall–Kier alpha value is -1.36. The van der Waals surface area contributed by atoms with Gasteiger partial charge in [-0.25, -0.2) is 9.97 Å². The van der Waals surface area contributed by atoms with Gasteiger partial charge in [0.2, 0.25) is 0 Å². The van der Waals surface area contributed by atoms with Crippen molar-refractivity contribution in [3.63, 3.8) is 0 Å². The molecule has 0 aromatic carbocycles. The zero-order valence-corrected chi connectivity index (χ0v) is 12.3. The van der Waals surface area contributed by atoms with E-state index in [1.54, 1.807) is 6.33 Å². The summed E-state index contributed by atoms with van der Waals surface area (Å²) in [7, 11) is 0. The van der Waals surface area contributed by atoms with E-state index in [1.165, 1.54) is 0 Å². The minimum Gasteiger partial charge on any atom is -0.370 e. The van der Waals surface area contributed by atoms with Crippen LogP contribution in [0.2, 0.25) is 0 Å². The molecule has 0 radical (unpaired) electrons. The van der Waals surface area contributed by atoms with Crippen molar-refractivity contribution in [2.45, 2.75) is 33.2 Å². The molecule has 1 atom stereocenters. The number of nitrogens with one attached hydrogen (secondary N) is 1. The summed E-state index contributed by atoms with van der Waals surface area (Å²) in [6.45, 7) is 11.9. The Balaban J connectivity index is 2.02. The second kappa shape index (κ2) is 6.70. The van der Waals surface area contributed by atoms with Gasteiger partial charge in [-0.15, -0.1) is 0 Å². The largest absolute Gasteiger partial charge is 0.370 e. The molecule has 5 nitrogen and oxygen atoms in total. The van der Waals surface area contributed by atoms with E-state index < -0.39 is 0 Å². The van der Waals surface area contributed by atoms with Crippen LogP contribution >= 0.6 is 0 Å². The van der Waals surface area contributed by atoms with E-state index in [2.05, 4.69) is 51.9 Å².